The Labute approximate surface area is 229 Å². The van der Waals surface area contributed by atoms with Crippen LogP contribution in [0, 0.1) is 11.8 Å². The van der Waals surface area contributed by atoms with Crippen molar-refractivity contribution in [2.24, 2.45) is 0 Å². The maximum absolute atomic E-state index is 14.0. The fourth-order valence-corrected chi connectivity index (χ4v) is 4.75. The standard InChI is InChI=1S/C28H25N7O4S/c1-18(32-27(36)24-25(29)33-34-16-8-14-30-26(24)34)22-17-20-10-6-9-19(11-7-15-31-40(2,38)39)23(20)28(37)35(22)21-12-4-3-5-13-21/h3-6,8-10,12-14,16-18,31H,15H2,1-2H3,(H2,29,33)(H,32,36). The van der Waals surface area contributed by atoms with Crippen molar-refractivity contribution in [3.63, 3.8) is 0 Å². The van der Waals surface area contributed by atoms with E-state index in [1.807, 2.05) is 24.3 Å². The number of nitrogens with one attached hydrogen (secondary N) is 2. The summed E-state index contributed by atoms with van der Waals surface area (Å²) >= 11 is 0. The normalized spacial score (nSPS) is 12.2. The van der Waals surface area contributed by atoms with Crippen LogP contribution in [0.2, 0.25) is 0 Å². The molecule has 0 radical (unpaired) electrons. The molecule has 5 aromatic rings. The molecule has 3 heterocycles. The number of hydrogen-bond acceptors (Lipinski definition) is 7. The molecule has 0 aliphatic carbocycles. The number of pyridine rings is 1. The average molecular weight is 556 g/mol. The van der Waals surface area contributed by atoms with E-state index in [2.05, 4.69) is 32.0 Å². The highest BCUT2D eigenvalue weighted by atomic mass is 32.2. The average Bonchev–Trinajstić information content (AvgIpc) is 3.26. The summed E-state index contributed by atoms with van der Waals surface area (Å²) < 4.78 is 28.0. The predicted molar refractivity (Wildman–Crippen MR) is 153 cm³/mol. The number of carbonyl (C=O) groups excluding carboxylic acids is 1. The molecule has 0 fully saturated rings. The number of amides is 1. The molecule has 202 valence electrons. The van der Waals surface area contributed by atoms with E-state index in [-0.39, 0.29) is 23.5 Å². The number of rotatable bonds is 6. The highest BCUT2D eigenvalue weighted by Gasteiger charge is 2.23. The van der Waals surface area contributed by atoms with Crippen LogP contribution in [-0.4, -0.2) is 46.3 Å². The van der Waals surface area contributed by atoms with Gasteiger partial charge < -0.3 is 11.1 Å². The summed E-state index contributed by atoms with van der Waals surface area (Å²) in [6, 6.07) is 17.2. The fraction of sp³-hybridized carbons (Fsp3) is 0.143. The van der Waals surface area contributed by atoms with E-state index >= 15 is 0 Å². The van der Waals surface area contributed by atoms with E-state index in [4.69, 9.17) is 5.73 Å². The van der Waals surface area contributed by atoms with Crippen LogP contribution in [0.1, 0.15) is 34.6 Å². The third-order valence-corrected chi connectivity index (χ3v) is 6.84. The van der Waals surface area contributed by atoms with E-state index in [0.717, 1.165) is 6.26 Å². The van der Waals surface area contributed by atoms with Crippen LogP contribution in [0.25, 0.3) is 22.1 Å². The molecule has 0 spiro atoms. The van der Waals surface area contributed by atoms with Crippen molar-refractivity contribution in [2.45, 2.75) is 13.0 Å². The summed E-state index contributed by atoms with van der Waals surface area (Å²) in [6.07, 6.45) is 4.24. The van der Waals surface area contributed by atoms with Gasteiger partial charge in [0, 0.05) is 29.3 Å². The molecule has 1 unspecified atom stereocenters. The van der Waals surface area contributed by atoms with Gasteiger partial charge in [-0.05, 0) is 42.6 Å². The number of nitrogen functional groups attached to an aromatic ring is 1. The fourth-order valence-electron chi connectivity index (χ4n) is 4.42. The van der Waals surface area contributed by atoms with Crippen LogP contribution >= 0.6 is 0 Å². The monoisotopic (exact) mass is 555 g/mol. The smallest absolute Gasteiger partial charge is 0.264 e. The number of fused-ring (bicyclic) bond motifs is 2. The van der Waals surface area contributed by atoms with Gasteiger partial charge in [-0.2, -0.15) is 0 Å². The first-order valence-corrected chi connectivity index (χ1v) is 14.1. The largest absolute Gasteiger partial charge is 0.381 e. The van der Waals surface area contributed by atoms with Crippen LogP contribution in [-0.2, 0) is 10.0 Å². The van der Waals surface area contributed by atoms with Crippen LogP contribution in [0.15, 0.2) is 77.9 Å². The second kappa shape index (κ2) is 10.6. The third kappa shape index (κ3) is 5.28. The van der Waals surface area contributed by atoms with Gasteiger partial charge in [0.15, 0.2) is 11.5 Å². The van der Waals surface area contributed by atoms with E-state index in [1.54, 1.807) is 55.7 Å². The van der Waals surface area contributed by atoms with Crippen LogP contribution < -0.4 is 21.3 Å². The number of nitrogens with two attached hydrogens (primary N) is 1. The van der Waals surface area contributed by atoms with Gasteiger partial charge >= 0.3 is 0 Å². The van der Waals surface area contributed by atoms with Crippen molar-refractivity contribution >= 4 is 38.2 Å². The quantitative estimate of drug-likeness (QED) is 0.271. The zero-order chi connectivity index (χ0) is 28.4. The molecule has 0 saturated heterocycles. The molecule has 4 N–H and O–H groups in total. The van der Waals surface area contributed by atoms with Gasteiger partial charge in [0.05, 0.1) is 24.2 Å². The van der Waals surface area contributed by atoms with Crippen molar-refractivity contribution in [3.05, 3.63) is 100 Å². The third-order valence-electron chi connectivity index (χ3n) is 6.18. The number of hydrogen-bond donors (Lipinski definition) is 3. The zero-order valence-electron chi connectivity index (χ0n) is 21.6. The van der Waals surface area contributed by atoms with Crippen LogP contribution in [0.4, 0.5) is 5.82 Å². The Morgan fingerprint density at radius 2 is 1.90 bits per heavy atom. The molecule has 40 heavy (non-hydrogen) atoms. The Hall–Kier alpha value is -4.99. The molecule has 5 rings (SSSR count). The molecule has 0 aliphatic heterocycles. The van der Waals surface area contributed by atoms with Crippen molar-refractivity contribution in [3.8, 4) is 17.5 Å². The number of nitrogens with zero attached hydrogens (tertiary/aromatic N) is 4. The summed E-state index contributed by atoms with van der Waals surface area (Å²) in [4.78, 5) is 31.6. The maximum atomic E-state index is 14.0. The Morgan fingerprint density at radius 1 is 1.12 bits per heavy atom. The van der Waals surface area contributed by atoms with Crippen molar-refractivity contribution in [2.75, 3.05) is 18.5 Å². The lowest BCUT2D eigenvalue weighted by Crippen LogP contribution is -2.32. The predicted octanol–water partition coefficient (Wildman–Crippen LogP) is 2.01. The molecular formula is C28H25N7O4S. The van der Waals surface area contributed by atoms with E-state index < -0.39 is 22.0 Å². The lowest BCUT2D eigenvalue weighted by molar-refractivity contribution is 0.0941. The minimum absolute atomic E-state index is 0.0379. The van der Waals surface area contributed by atoms with Gasteiger partial charge in [0.25, 0.3) is 11.5 Å². The lowest BCUT2D eigenvalue weighted by Gasteiger charge is -2.21. The van der Waals surface area contributed by atoms with Gasteiger partial charge in [0.1, 0.15) is 5.56 Å². The summed E-state index contributed by atoms with van der Waals surface area (Å²) in [5.74, 6) is 5.23. The number of para-hydroxylation sites is 1. The molecule has 11 nitrogen and oxygen atoms in total. The van der Waals surface area contributed by atoms with Gasteiger partial charge in [-0.15, -0.1) is 5.10 Å². The van der Waals surface area contributed by atoms with E-state index in [9.17, 15) is 18.0 Å². The minimum atomic E-state index is -3.40. The molecular weight excluding hydrogens is 530 g/mol. The number of aromatic nitrogens is 4. The minimum Gasteiger partial charge on any atom is -0.381 e. The Bertz CT molecular complexity index is 1990. The summed E-state index contributed by atoms with van der Waals surface area (Å²) in [5.41, 5.74) is 7.75. The van der Waals surface area contributed by atoms with E-state index in [0.29, 0.717) is 33.4 Å². The van der Waals surface area contributed by atoms with Gasteiger partial charge in [-0.1, -0.05) is 42.2 Å². The first-order chi connectivity index (χ1) is 19.1. The molecule has 3 aromatic heterocycles. The highest BCUT2D eigenvalue weighted by Crippen LogP contribution is 2.24. The first kappa shape index (κ1) is 26.6. The van der Waals surface area contributed by atoms with Crippen molar-refractivity contribution in [1.82, 2.24) is 29.2 Å². The number of anilines is 1. The molecule has 1 atom stereocenters. The van der Waals surface area contributed by atoms with Gasteiger partial charge in [-0.3, -0.25) is 14.2 Å². The molecule has 0 aliphatic rings. The maximum Gasteiger partial charge on any atom is 0.264 e. The highest BCUT2D eigenvalue weighted by molar-refractivity contribution is 7.88. The summed E-state index contributed by atoms with van der Waals surface area (Å²) in [7, 11) is -3.40. The van der Waals surface area contributed by atoms with Gasteiger partial charge in [-0.25, -0.2) is 22.6 Å². The Balaban J connectivity index is 1.60. The SMILES string of the molecule is CC(NC(=O)c1c(N)nn2cccnc12)c1cc2cccc(C#CCNS(C)(=O)=O)c2c(=O)n1-c1ccccc1. The van der Waals surface area contributed by atoms with Crippen molar-refractivity contribution < 1.29 is 13.2 Å². The molecule has 2 aromatic carbocycles. The lowest BCUT2D eigenvalue weighted by atomic mass is 10.0. The summed E-state index contributed by atoms with van der Waals surface area (Å²) in [5, 5.41) is 8.08. The number of benzene rings is 2. The second-order valence-electron chi connectivity index (χ2n) is 9.05. The number of sulfonamides is 1. The molecule has 0 bridgehead atoms. The Morgan fingerprint density at radius 3 is 2.65 bits per heavy atom. The molecule has 0 saturated carbocycles. The topological polar surface area (TPSA) is 153 Å². The molecule has 12 heteroatoms. The van der Waals surface area contributed by atoms with E-state index in [1.165, 1.54) is 9.08 Å². The van der Waals surface area contributed by atoms with Crippen LogP contribution in [0.5, 0.6) is 0 Å². The van der Waals surface area contributed by atoms with Crippen LogP contribution in [0.3, 0.4) is 0 Å². The zero-order valence-corrected chi connectivity index (χ0v) is 22.4. The van der Waals surface area contributed by atoms with Gasteiger partial charge in [0.2, 0.25) is 10.0 Å². The summed E-state index contributed by atoms with van der Waals surface area (Å²) in [6.45, 7) is 1.68. The second-order valence-corrected chi connectivity index (χ2v) is 10.9. The first-order valence-electron chi connectivity index (χ1n) is 12.2. The number of carbonyl (C=O) groups is 1. The van der Waals surface area contributed by atoms with Crippen molar-refractivity contribution in [1.29, 1.82) is 0 Å². The Kier molecular flexibility index (Phi) is 7.08. The molecule has 1 amide bonds.